The minimum atomic E-state index is -0.238. The van der Waals surface area contributed by atoms with Crippen LogP contribution in [-0.2, 0) is 5.41 Å². The zero-order valence-corrected chi connectivity index (χ0v) is 27.6. The van der Waals surface area contributed by atoms with Crippen LogP contribution in [0.5, 0.6) is 0 Å². The number of oxazole rings is 1. The van der Waals surface area contributed by atoms with Gasteiger partial charge in [0.2, 0.25) is 5.89 Å². The molecule has 0 spiro atoms. The number of hydrogen-bond donors (Lipinski definition) is 0. The van der Waals surface area contributed by atoms with Crippen molar-refractivity contribution in [3.63, 3.8) is 0 Å². The third-order valence-corrected chi connectivity index (χ3v) is 10.1. The van der Waals surface area contributed by atoms with Gasteiger partial charge >= 0.3 is 0 Å². The largest absolute Gasteiger partial charge is 0.435 e. The molecule has 50 heavy (non-hydrogen) atoms. The molecule has 10 rings (SSSR count). The quantitative estimate of drug-likeness (QED) is 0.191. The second kappa shape index (κ2) is 10.8. The Kier molecular flexibility index (Phi) is 6.15. The third kappa shape index (κ3) is 4.33. The molecule has 7 aromatic carbocycles. The fraction of sp³-hybridized carbons (Fsp3) is 0.0667. The third-order valence-electron chi connectivity index (χ3n) is 10.1. The van der Waals surface area contributed by atoms with Gasteiger partial charge in [0.1, 0.15) is 5.52 Å². The Morgan fingerprint density at radius 3 is 1.98 bits per heavy atom. The van der Waals surface area contributed by atoms with E-state index >= 15 is 0 Å². The molecule has 0 radical (unpaired) electrons. The summed E-state index contributed by atoms with van der Waals surface area (Å²) in [5.41, 5.74) is 10.0. The summed E-state index contributed by atoms with van der Waals surface area (Å²) in [6.07, 6.45) is 0. The van der Waals surface area contributed by atoms with Crippen LogP contribution in [0, 0.1) is 0 Å². The maximum absolute atomic E-state index is 6.55. The highest BCUT2D eigenvalue weighted by Gasteiger charge is 2.38. The van der Waals surface area contributed by atoms with E-state index in [0.29, 0.717) is 28.9 Å². The van der Waals surface area contributed by atoms with Gasteiger partial charge in [-0.05, 0) is 62.7 Å². The minimum absolute atomic E-state index is 0.238. The highest BCUT2D eigenvalue weighted by Crippen LogP contribution is 2.51. The standard InChI is InChI=1S/C45H30N4O/c1-45(2)36-21-9-8-17-32(36)33-18-11-20-35(39(33)45)43-48-41(31-23-22-27-12-6-7-15-30(27)26-31)47-42(49-43)34-19-10-16-28-24-25-37-40(38(28)34)50-44(46-37)29-13-4-3-5-14-29/h3-26H,1-2H3. The summed E-state index contributed by atoms with van der Waals surface area (Å²) in [5.74, 6) is 2.42. The predicted molar refractivity (Wildman–Crippen MR) is 202 cm³/mol. The van der Waals surface area contributed by atoms with Crippen molar-refractivity contribution in [2.45, 2.75) is 19.3 Å². The lowest BCUT2D eigenvalue weighted by atomic mass is 9.80. The first-order valence-corrected chi connectivity index (χ1v) is 16.9. The molecule has 0 unspecified atom stereocenters. The Morgan fingerprint density at radius 2 is 1.10 bits per heavy atom. The SMILES string of the molecule is CC1(C)c2ccccc2-c2cccc(-c3nc(-c4ccc5ccccc5c4)nc(-c4cccc5ccc6nc(-c7ccccc7)oc6c45)n3)c21. The maximum atomic E-state index is 6.55. The van der Waals surface area contributed by atoms with Crippen LogP contribution in [0.4, 0.5) is 0 Å². The first-order chi connectivity index (χ1) is 24.5. The summed E-state index contributed by atoms with van der Waals surface area (Å²) in [7, 11) is 0. The molecule has 5 nitrogen and oxygen atoms in total. The lowest BCUT2D eigenvalue weighted by Crippen LogP contribution is -2.17. The fourth-order valence-electron chi connectivity index (χ4n) is 7.75. The fourth-order valence-corrected chi connectivity index (χ4v) is 7.75. The van der Waals surface area contributed by atoms with Gasteiger partial charge in [-0.3, -0.25) is 0 Å². The van der Waals surface area contributed by atoms with E-state index in [-0.39, 0.29) is 5.41 Å². The van der Waals surface area contributed by atoms with Gasteiger partial charge in [-0.25, -0.2) is 19.9 Å². The van der Waals surface area contributed by atoms with E-state index in [1.165, 1.54) is 27.6 Å². The van der Waals surface area contributed by atoms with Gasteiger partial charge in [-0.15, -0.1) is 0 Å². The van der Waals surface area contributed by atoms with Crippen LogP contribution in [0.3, 0.4) is 0 Å². The number of nitrogens with zero attached hydrogens (tertiary/aromatic N) is 4. The Bertz CT molecular complexity index is 2800. The van der Waals surface area contributed by atoms with Gasteiger partial charge in [0.25, 0.3) is 0 Å². The first-order valence-electron chi connectivity index (χ1n) is 16.9. The van der Waals surface area contributed by atoms with Crippen LogP contribution in [0.1, 0.15) is 25.0 Å². The van der Waals surface area contributed by atoms with E-state index < -0.39 is 0 Å². The molecule has 0 N–H and O–H groups in total. The van der Waals surface area contributed by atoms with Gasteiger partial charge in [-0.1, -0.05) is 135 Å². The number of rotatable bonds is 4. The van der Waals surface area contributed by atoms with E-state index in [0.717, 1.165) is 43.9 Å². The van der Waals surface area contributed by atoms with Crippen LogP contribution in [-0.4, -0.2) is 19.9 Å². The average molecular weight is 643 g/mol. The Hall–Kier alpha value is -6.46. The summed E-state index contributed by atoms with van der Waals surface area (Å²) in [5, 5.41) is 4.25. The molecule has 0 amide bonds. The maximum Gasteiger partial charge on any atom is 0.227 e. The molecular formula is C45H30N4O. The lowest BCUT2D eigenvalue weighted by Gasteiger charge is -2.24. The Balaban J connectivity index is 1.25. The van der Waals surface area contributed by atoms with Crippen molar-refractivity contribution in [1.29, 1.82) is 0 Å². The molecular weight excluding hydrogens is 613 g/mol. The van der Waals surface area contributed by atoms with Crippen LogP contribution < -0.4 is 0 Å². The molecule has 9 aromatic rings. The number of benzene rings is 7. The van der Waals surface area contributed by atoms with Gasteiger partial charge < -0.3 is 4.42 Å². The highest BCUT2D eigenvalue weighted by atomic mass is 16.3. The van der Waals surface area contributed by atoms with Crippen LogP contribution in [0.25, 0.3) is 89.4 Å². The molecule has 1 aliphatic carbocycles. The summed E-state index contributed by atoms with van der Waals surface area (Å²) in [4.78, 5) is 20.6. The lowest BCUT2D eigenvalue weighted by molar-refractivity contribution is 0.623. The monoisotopic (exact) mass is 642 g/mol. The van der Waals surface area contributed by atoms with Gasteiger partial charge in [0.05, 0.1) is 0 Å². The molecule has 0 atom stereocenters. The number of hydrogen-bond acceptors (Lipinski definition) is 5. The van der Waals surface area contributed by atoms with Crippen molar-refractivity contribution in [3.8, 4) is 56.7 Å². The molecule has 2 aromatic heterocycles. The van der Waals surface area contributed by atoms with Crippen molar-refractivity contribution < 1.29 is 4.42 Å². The summed E-state index contributed by atoms with van der Waals surface area (Å²) < 4.78 is 6.55. The van der Waals surface area contributed by atoms with Gasteiger partial charge in [0, 0.05) is 33.1 Å². The van der Waals surface area contributed by atoms with Crippen molar-refractivity contribution in [3.05, 3.63) is 157 Å². The number of fused-ring (bicyclic) bond motifs is 7. The van der Waals surface area contributed by atoms with E-state index in [4.69, 9.17) is 24.4 Å². The first kappa shape index (κ1) is 28.5. The van der Waals surface area contributed by atoms with Crippen molar-refractivity contribution in [2.24, 2.45) is 0 Å². The normalized spacial score (nSPS) is 13.2. The van der Waals surface area contributed by atoms with Gasteiger partial charge in [-0.2, -0.15) is 0 Å². The Morgan fingerprint density at radius 1 is 0.460 bits per heavy atom. The zero-order chi connectivity index (χ0) is 33.4. The molecule has 0 bridgehead atoms. The molecule has 2 heterocycles. The van der Waals surface area contributed by atoms with Crippen molar-refractivity contribution >= 4 is 32.6 Å². The Labute approximate surface area is 289 Å². The van der Waals surface area contributed by atoms with Crippen LogP contribution >= 0.6 is 0 Å². The van der Waals surface area contributed by atoms with E-state index in [1.54, 1.807) is 0 Å². The molecule has 0 fully saturated rings. The minimum Gasteiger partial charge on any atom is -0.435 e. The summed E-state index contributed by atoms with van der Waals surface area (Å²) in [6, 6.07) is 50.3. The molecule has 0 saturated carbocycles. The van der Waals surface area contributed by atoms with Crippen LogP contribution in [0.2, 0.25) is 0 Å². The van der Waals surface area contributed by atoms with Crippen LogP contribution in [0.15, 0.2) is 150 Å². The van der Waals surface area contributed by atoms with Gasteiger partial charge in [0.15, 0.2) is 23.1 Å². The second-order valence-corrected chi connectivity index (χ2v) is 13.5. The zero-order valence-electron chi connectivity index (χ0n) is 27.6. The van der Waals surface area contributed by atoms with Crippen molar-refractivity contribution in [2.75, 3.05) is 0 Å². The van der Waals surface area contributed by atoms with E-state index in [1.807, 2.05) is 36.4 Å². The molecule has 5 heteroatoms. The highest BCUT2D eigenvalue weighted by molar-refractivity contribution is 6.10. The molecule has 1 aliphatic rings. The molecule has 0 aliphatic heterocycles. The van der Waals surface area contributed by atoms with Crippen molar-refractivity contribution in [1.82, 2.24) is 19.9 Å². The van der Waals surface area contributed by atoms with E-state index in [9.17, 15) is 0 Å². The predicted octanol–water partition coefficient (Wildman–Crippen LogP) is 11.3. The molecule has 0 saturated heterocycles. The molecule has 236 valence electrons. The van der Waals surface area contributed by atoms with E-state index in [2.05, 4.69) is 123 Å². The summed E-state index contributed by atoms with van der Waals surface area (Å²) >= 11 is 0. The summed E-state index contributed by atoms with van der Waals surface area (Å²) in [6.45, 7) is 4.59. The topological polar surface area (TPSA) is 64.7 Å². The average Bonchev–Trinajstić information content (AvgIpc) is 3.72. The smallest absolute Gasteiger partial charge is 0.227 e. The number of aromatic nitrogens is 4. The second-order valence-electron chi connectivity index (χ2n) is 13.5.